The number of hydrogen-bond donors (Lipinski definition) is 0. The Balaban J connectivity index is 2.52. The third-order valence-corrected chi connectivity index (χ3v) is 2.40. The second-order valence-corrected chi connectivity index (χ2v) is 3.49. The van der Waals surface area contributed by atoms with Crippen molar-refractivity contribution in [1.82, 2.24) is 0 Å². The van der Waals surface area contributed by atoms with Gasteiger partial charge in [-0.2, -0.15) is 0 Å². The Morgan fingerprint density at radius 3 is 2.50 bits per heavy atom. The Labute approximate surface area is 92.6 Å². The van der Waals surface area contributed by atoms with Crippen LogP contribution < -0.4 is 4.74 Å². The number of benzene rings is 2. The largest absolute Gasteiger partial charge is 0.429 e. The van der Waals surface area contributed by atoms with Crippen molar-refractivity contribution >= 4 is 23.0 Å². The van der Waals surface area contributed by atoms with Crippen molar-refractivity contribution in [2.75, 3.05) is 0 Å². The quantitative estimate of drug-likeness (QED) is 0.582. The molecule has 0 N–H and O–H groups in total. The summed E-state index contributed by atoms with van der Waals surface area (Å²) in [6, 6.07) is 10.7. The summed E-state index contributed by atoms with van der Waals surface area (Å²) < 4.78 is 4.74. The highest BCUT2D eigenvalue weighted by molar-refractivity contribution is 5.98. The first-order chi connectivity index (χ1) is 7.70. The van der Waals surface area contributed by atoms with Crippen LogP contribution in [0, 0.1) is 0 Å². The van der Waals surface area contributed by atoms with Gasteiger partial charge >= 0.3 is 0 Å². The van der Waals surface area contributed by atoms with E-state index in [9.17, 15) is 9.59 Å². The van der Waals surface area contributed by atoms with E-state index < -0.39 is 0 Å². The van der Waals surface area contributed by atoms with Crippen molar-refractivity contribution in [3.8, 4) is 5.75 Å². The number of fused-ring (bicyclic) bond motifs is 1. The smallest absolute Gasteiger partial charge is 0.298 e. The molecule has 0 heterocycles. The highest BCUT2D eigenvalue weighted by atomic mass is 16.5. The van der Waals surface area contributed by atoms with Crippen molar-refractivity contribution in [2.45, 2.75) is 6.92 Å². The molecule has 0 amide bonds. The molecule has 0 aromatic heterocycles. The van der Waals surface area contributed by atoms with Gasteiger partial charge in [-0.15, -0.1) is 0 Å². The summed E-state index contributed by atoms with van der Waals surface area (Å²) in [5.74, 6) is 0.535. The van der Waals surface area contributed by atoms with Gasteiger partial charge in [-0.05, 0) is 35.9 Å². The number of rotatable bonds is 3. The Bertz CT molecular complexity index is 558. The van der Waals surface area contributed by atoms with Gasteiger partial charge in [-0.25, -0.2) is 0 Å². The van der Waals surface area contributed by atoms with Crippen LogP contribution in [0.5, 0.6) is 5.75 Å². The standard InChI is InChI=1S/C13H10O3/c1-9(15)10-2-3-12-7-13(16-8-14)5-4-11(12)6-10/h2-8H,1H3. The van der Waals surface area contributed by atoms with Gasteiger partial charge in [0, 0.05) is 5.56 Å². The van der Waals surface area contributed by atoms with Crippen LogP contribution in [-0.4, -0.2) is 12.3 Å². The minimum absolute atomic E-state index is 0.0371. The minimum atomic E-state index is 0.0371. The zero-order chi connectivity index (χ0) is 11.5. The van der Waals surface area contributed by atoms with Gasteiger partial charge in [0.2, 0.25) is 0 Å². The number of ketones is 1. The molecule has 0 saturated carbocycles. The number of hydrogen-bond acceptors (Lipinski definition) is 3. The maximum Gasteiger partial charge on any atom is 0.298 e. The first kappa shape index (κ1) is 10.4. The van der Waals surface area contributed by atoms with E-state index in [1.165, 1.54) is 6.92 Å². The van der Waals surface area contributed by atoms with E-state index in [0.29, 0.717) is 17.8 Å². The first-order valence-electron chi connectivity index (χ1n) is 4.86. The molecular weight excluding hydrogens is 204 g/mol. The second kappa shape index (κ2) is 4.14. The molecule has 0 atom stereocenters. The molecule has 80 valence electrons. The molecule has 2 rings (SSSR count). The third-order valence-electron chi connectivity index (χ3n) is 2.40. The average molecular weight is 214 g/mol. The lowest BCUT2D eigenvalue weighted by Gasteiger charge is -2.02. The van der Waals surface area contributed by atoms with Crippen molar-refractivity contribution in [3.63, 3.8) is 0 Å². The third kappa shape index (κ3) is 1.93. The van der Waals surface area contributed by atoms with Crippen LogP contribution in [0.1, 0.15) is 17.3 Å². The van der Waals surface area contributed by atoms with Gasteiger partial charge in [-0.3, -0.25) is 9.59 Å². The Morgan fingerprint density at radius 2 is 1.81 bits per heavy atom. The Kier molecular flexibility index (Phi) is 2.68. The molecule has 3 nitrogen and oxygen atoms in total. The highest BCUT2D eigenvalue weighted by Gasteiger charge is 2.02. The van der Waals surface area contributed by atoms with Gasteiger partial charge in [0.1, 0.15) is 5.75 Å². The summed E-state index contributed by atoms with van der Waals surface area (Å²) in [5, 5.41) is 1.88. The van der Waals surface area contributed by atoms with Gasteiger partial charge < -0.3 is 4.74 Å². The highest BCUT2D eigenvalue weighted by Crippen LogP contribution is 2.21. The van der Waals surface area contributed by atoms with Crippen molar-refractivity contribution in [1.29, 1.82) is 0 Å². The minimum Gasteiger partial charge on any atom is -0.429 e. The van der Waals surface area contributed by atoms with E-state index in [-0.39, 0.29) is 5.78 Å². The molecule has 0 aliphatic heterocycles. The normalized spacial score (nSPS) is 10.1. The maximum atomic E-state index is 11.2. The molecule has 16 heavy (non-hydrogen) atoms. The summed E-state index contributed by atoms with van der Waals surface area (Å²) in [4.78, 5) is 21.4. The Morgan fingerprint density at radius 1 is 1.12 bits per heavy atom. The molecule has 0 saturated heterocycles. The topological polar surface area (TPSA) is 43.4 Å². The molecule has 0 unspecified atom stereocenters. The van der Waals surface area contributed by atoms with Crippen molar-refractivity contribution in [3.05, 3.63) is 42.0 Å². The van der Waals surface area contributed by atoms with E-state index in [1.54, 1.807) is 18.2 Å². The average Bonchev–Trinajstić information content (AvgIpc) is 2.28. The summed E-state index contributed by atoms with van der Waals surface area (Å²) in [5.41, 5.74) is 0.677. The lowest BCUT2D eigenvalue weighted by atomic mass is 10.0. The van der Waals surface area contributed by atoms with Crippen molar-refractivity contribution < 1.29 is 14.3 Å². The summed E-state index contributed by atoms with van der Waals surface area (Å²) in [6.07, 6.45) is 0. The molecule has 0 radical (unpaired) electrons. The number of carbonyl (C=O) groups excluding carboxylic acids is 2. The fourth-order valence-electron chi connectivity index (χ4n) is 1.57. The fourth-order valence-corrected chi connectivity index (χ4v) is 1.57. The lowest BCUT2D eigenvalue weighted by molar-refractivity contribution is -0.120. The molecule has 0 aliphatic rings. The van der Waals surface area contributed by atoms with Crippen LogP contribution in [0.15, 0.2) is 36.4 Å². The molecule has 0 fully saturated rings. The van der Waals surface area contributed by atoms with Crippen LogP contribution in [0.2, 0.25) is 0 Å². The molecule has 0 spiro atoms. The van der Waals surface area contributed by atoms with Crippen LogP contribution in [-0.2, 0) is 4.79 Å². The van der Waals surface area contributed by atoms with E-state index in [4.69, 9.17) is 4.74 Å². The van der Waals surface area contributed by atoms with E-state index in [1.807, 2.05) is 18.2 Å². The molecule has 0 bridgehead atoms. The fraction of sp³-hybridized carbons (Fsp3) is 0.0769. The van der Waals surface area contributed by atoms with E-state index in [2.05, 4.69) is 0 Å². The van der Waals surface area contributed by atoms with Gasteiger partial charge in [0.15, 0.2) is 5.78 Å². The van der Waals surface area contributed by atoms with Gasteiger partial charge in [-0.1, -0.05) is 18.2 Å². The maximum absolute atomic E-state index is 11.2. The molecule has 3 heteroatoms. The van der Waals surface area contributed by atoms with Gasteiger partial charge in [0.05, 0.1) is 0 Å². The summed E-state index contributed by atoms with van der Waals surface area (Å²) >= 11 is 0. The van der Waals surface area contributed by atoms with Crippen LogP contribution in [0.3, 0.4) is 0 Å². The Hall–Kier alpha value is -2.16. The summed E-state index contributed by atoms with van der Waals surface area (Å²) in [7, 11) is 0. The summed E-state index contributed by atoms with van der Waals surface area (Å²) in [6.45, 7) is 1.93. The second-order valence-electron chi connectivity index (χ2n) is 3.49. The van der Waals surface area contributed by atoms with Crippen LogP contribution in [0.4, 0.5) is 0 Å². The molecule has 0 aliphatic carbocycles. The number of ether oxygens (including phenoxy) is 1. The predicted octanol–water partition coefficient (Wildman–Crippen LogP) is 2.58. The monoisotopic (exact) mass is 214 g/mol. The lowest BCUT2D eigenvalue weighted by Crippen LogP contribution is -1.92. The zero-order valence-electron chi connectivity index (χ0n) is 8.77. The van der Waals surface area contributed by atoms with Crippen LogP contribution >= 0.6 is 0 Å². The van der Waals surface area contributed by atoms with Gasteiger partial charge in [0.25, 0.3) is 6.47 Å². The predicted molar refractivity (Wildman–Crippen MR) is 60.6 cm³/mol. The van der Waals surface area contributed by atoms with E-state index >= 15 is 0 Å². The van der Waals surface area contributed by atoms with E-state index in [0.717, 1.165) is 10.8 Å². The van der Waals surface area contributed by atoms with Crippen molar-refractivity contribution in [2.24, 2.45) is 0 Å². The molecular formula is C13H10O3. The first-order valence-corrected chi connectivity index (χ1v) is 4.86. The number of carbonyl (C=O) groups is 2. The molecule has 2 aromatic rings. The number of Topliss-reactive ketones (excluding diaryl/α,β-unsaturated/α-hetero) is 1. The molecule has 2 aromatic carbocycles. The SMILES string of the molecule is CC(=O)c1ccc2cc(OC=O)ccc2c1. The zero-order valence-corrected chi connectivity index (χ0v) is 8.77. The van der Waals surface area contributed by atoms with Crippen LogP contribution in [0.25, 0.3) is 10.8 Å².